The molecule has 2 nitrogen and oxygen atoms in total. The zero-order chi connectivity index (χ0) is 41.6. The third-order valence-electron chi connectivity index (χ3n) is 13.7. The molecular formula is C61H42N2. The van der Waals surface area contributed by atoms with E-state index in [1.54, 1.807) is 0 Å². The molecule has 0 amide bonds. The molecule has 2 unspecified atom stereocenters. The zero-order valence-electron chi connectivity index (χ0n) is 34.9. The lowest BCUT2D eigenvalue weighted by Gasteiger charge is -2.29. The van der Waals surface area contributed by atoms with Crippen molar-refractivity contribution in [1.29, 1.82) is 0 Å². The van der Waals surface area contributed by atoms with E-state index >= 15 is 0 Å². The number of rotatable bonds is 6. The lowest BCUT2D eigenvalue weighted by molar-refractivity contribution is 0.654. The lowest BCUT2D eigenvalue weighted by Crippen LogP contribution is -2.21. The van der Waals surface area contributed by atoms with Crippen LogP contribution in [0.4, 0.5) is 0 Å². The second-order valence-corrected chi connectivity index (χ2v) is 17.3. The topological polar surface area (TPSA) is 9.86 Å². The normalized spacial score (nSPS) is 14.9. The Hall–Kier alpha value is -7.94. The molecule has 0 fully saturated rings. The Morgan fingerprint density at radius 1 is 0.397 bits per heavy atom. The Labute approximate surface area is 366 Å². The molecule has 2 heteroatoms. The smallest absolute Gasteiger partial charge is 0.0620 e. The van der Waals surface area contributed by atoms with Crippen LogP contribution in [0.3, 0.4) is 0 Å². The highest BCUT2D eigenvalue weighted by molar-refractivity contribution is 6.26. The minimum absolute atomic E-state index is 0.198. The third-order valence-corrected chi connectivity index (χ3v) is 13.7. The summed E-state index contributed by atoms with van der Waals surface area (Å²) < 4.78 is 4.96. The lowest BCUT2D eigenvalue weighted by atomic mass is 9.74. The van der Waals surface area contributed by atoms with E-state index < -0.39 is 0 Å². The van der Waals surface area contributed by atoms with E-state index in [4.69, 9.17) is 0 Å². The second-order valence-electron chi connectivity index (χ2n) is 17.3. The molecule has 0 spiro atoms. The summed E-state index contributed by atoms with van der Waals surface area (Å²) >= 11 is 0. The molecule has 10 aromatic carbocycles. The highest BCUT2D eigenvalue weighted by Crippen LogP contribution is 2.49. The predicted molar refractivity (Wildman–Crippen MR) is 266 cm³/mol. The average molecular weight is 803 g/mol. The molecule has 1 aliphatic rings. The Morgan fingerprint density at radius 3 is 1.76 bits per heavy atom. The fourth-order valence-electron chi connectivity index (χ4n) is 11.1. The van der Waals surface area contributed by atoms with Crippen molar-refractivity contribution in [2.45, 2.75) is 12.8 Å². The number of nitrogens with zero attached hydrogens (tertiary/aromatic N) is 2. The van der Waals surface area contributed by atoms with Gasteiger partial charge in [-0.1, -0.05) is 183 Å². The molecule has 0 aliphatic heterocycles. The molecule has 63 heavy (non-hydrogen) atoms. The number of hydrogen-bond donors (Lipinski definition) is 0. The van der Waals surface area contributed by atoms with Crippen LogP contribution >= 0.6 is 0 Å². The summed E-state index contributed by atoms with van der Waals surface area (Å²) in [4.78, 5) is 0. The number of para-hydroxylation sites is 2. The number of fused-ring (bicyclic) bond motifs is 5. The Morgan fingerprint density at radius 2 is 1.02 bits per heavy atom. The fourth-order valence-corrected chi connectivity index (χ4v) is 11.1. The molecular weight excluding hydrogens is 761 g/mol. The summed E-state index contributed by atoms with van der Waals surface area (Å²) in [6, 6.07) is 80.8. The molecule has 2 atom stereocenters. The first-order valence-electron chi connectivity index (χ1n) is 22.1. The van der Waals surface area contributed by atoms with E-state index in [0.717, 1.165) is 5.69 Å². The van der Waals surface area contributed by atoms with Gasteiger partial charge in [-0.2, -0.15) is 0 Å². The van der Waals surface area contributed by atoms with Crippen LogP contribution in [0.5, 0.6) is 0 Å². The Balaban J connectivity index is 1.08. The zero-order valence-corrected chi connectivity index (χ0v) is 34.9. The van der Waals surface area contributed by atoms with Crippen LogP contribution in [0.15, 0.2) is 218 Å². The van der Waals surface area contributed by atoms with Crippen molar-refractivity contribution < 1.29 is 0 Å². The van der Waals surface area contributed by atoms with Crippen LogP contribution < -0.4 is 5.22 Å². The van der Waals surface area contributed by atoms with E-state index in [9.17, 15) is 0 Å². The molecule has 1 aliphatic carbocycles. The largest absolute Gasteiger partial charge is 0.309 e. The molecule has 13 rings (SSSR count). The van der Waals surface area contributed by atoms with Gasteiger partial charge < -0.3 is 9.13 Å². The molecule has 2 aromatic heterocycles. The van der Waals surface area contributed by atoms with E-state index in [-0.39, 0.29) is 5.92 Å². The minimum atomic E-state index is 0.198. The molecule has 0 bridgehead atoms. The van der Waals surface area contributed by atoms with Crippen molar-refractivity contribution in [3.63, 3.8) is 0 Å². The molecule has 296 valence electrons. The van der Waals surface area contributed by atoms with Crippen molar-refractivity contribution in [2.24, 2.45) is 5.92 Å². The highest BCUT2D eigenvalue weighted by atomic mass is 15.0. The quantitative estimate of drug-likeness (QED) is 0.158. The summed E-state index contributed by atoms with van der Waals surface area (Å²) in [5, 5.41) is 10.4. The number of benzene rings is 10. The maximum atomic E-state index is 2.55. The average Bonchev–Trinajstić information content (AvgIpc) is 3.87. The van der Waals surface area contributed by atoms with E-state index in [2.05, 4.69) is 241 Å². The van der Waals surface area contributed by atoms with Gasteiger partial charge >= 0.3 is 0 Å². The second kappa shape index (κ2) is 14.1. The van der Waals surface area contributed by atoms with Gasteiger partial charge in [0.1, 0.15) is 0 Å². The standard InChI is InChI=1S/C61H42N2/c1-39-36-44-29-34-51-58-46(28-33-50(57(44)58)56(39)45-30-35-55-52(37-45)49-24-14-15-25-54(49)62(55)47-22-12-5-13-23-47)38-53-59(42-18-8-3-9-19-42)60(43-20-10-4-11-21-43)63(61(51)53)48-31-26-41(27-32-48)40-16-6-2-7-17-40/h2-39,56H,1H3. The predicted octanol–water partition coefficient (Wildman–Crippen LogP) is 15.3. The summed E-state index contributed by atoms with van der Waals surface area (Å²) in [6.45, 7) is 2.40. The van der Waals surface area contributed by atoms with Crippen LogP contribution in [-0.2, 0) is 0 Å². The molecule has 0 radical (unpaired) electrons. The summed E-state index contributed by atoms with van der Waals surface area (Å²) in [5.74, 6) is 0.504. The van der Waals surface area contributed by atoms with Crippen molar-refractivity contribution in [3.05, 3.63) is 235 Å². The van der Waals surface area contributed by atoms with E-state index in [1.165, 1.54) is 110 Å². The van der Waals surface area contributed by atoms with Gasteiger partial charge in [0.05, 0.1) is 22.2 Å². The van der Waals surface area contributed by atoms with Gasteiger partial charge in [-0.15, -0.1) is 0 Å². The number of hydrogen-bond acceptors (Lipinski definition) is 0. The van der Waals surface area contributed by atoms with Crippen LogP contribution in [-0.4, -0.2) is 9.13 Å². The minimum Gasteiger partial charge on any atom is -0.309 e. The van der Waals surface area contributed by atoms with Crippen molar-refractivity contribution in [3.8, 4) is 44.9 Å². The van der Waals surface area contributed by atoms with Gasteiger partial charge in [0.25, 0.3) is 0 Å². The Bertz CT molecular complexity index is 3770. The maximum Gasteiger partial charge on any atom is 0.0620 e. The first-order valence-corrected chi connectivity index (χ1v) is 22.1. The van der Waals surface area contributed by atoms with Crippen LogP contribution in [0, 0.1) is 5.92 Å². The maximum absolute atomic E-state index is 2.55. The fraction of sp³-hybridized carbons (Fsp3) is 0.0492. The molecule has 0 N–H and O–H groups in total. The SMILES string of the molecule is CC1C=c2ccc3c4c(ccc(c24)C1c1ccc2c(c1)c1ccccc1n2-c1ccccc1)cc1c(-c2ccccc2)c(-c2ccccc2)n(-c2ccc(-c4ccccc4)cc2)c13. The summed E-state index contributed by atoms with van der Waals surface area (Å²) in [5.41, 5.74) is 16.1. The molecule has 0 saturated heterocycles. The Kier molecular flexibility index (Phi) is 7.98. The van der Waals surface area contributed by atoms with Crippen molar-refractivity contribution in [2.75, 3.05) is 0 Å². The van der Waals surface area contributed by atoms with Gasteiger partial charge in [0.15, 0.2) is 0 Å². The first-order chi connectivity index (χ1) is 31.2. The first kappa shape index (κ1) is 35.8. The van der Waals surface area contributed by atoms with Gasteiger partial charge in [0, 0.05) is 44.4 Å². The van der Waals surface area contributed by atoms with E-state index in [0.29, 0.717) is 5.92 Å². The van der Waals surface area contributed by atoms with E-state index in [1.807, 2.05) is 0 Å². The summed E-state index contributed by atoms with van der Waals surface area (Å²) in [6.07, 6.45) is 2.53. The van der Waals surface area contributed by atoms with Crippen molar-refractivity contribution in [1.82, 2.24) is 9.13 Å². The van der Waals surface area contributed by atoms with Crippen LogP contribution in [0.2, 0.25) is 0 Å². The van der Waals surface area contributed by atoms with Crippen LogP contribution in [0.1, 0.15) is 24.0 Å². The van der Waals surface area contributed by atoms with Crippen molar-refractivity contribution >= 4 is 60.3 Å². The van der Waals surface area contributed by atoms with Crippen LogP contribution in [0.25, 0.3) is 105 Å². The molecule has 12 aromatic rings. The third kappa shape index (κ3) is 5.44. The van der Waals surface area contributed by atoms with Gasteiger partial charge in [0.2, 0.25) is 0 Å². The van der Waals surface area contributed by atoms with Gasteiger partial charge in [-0.25, -0.2) is 0 Å². The highest BCUT2D eigenvalue weighted by Gasteiger charge is 2.30. The van der Waals surface area contributed by atoms with Gasteiger partial charge in [-0.3, -0.25) is 0 Å². The monoisotopic (exact) mass is 802 g/mol. The molecule has 2 heterocycles. The summed E-state index contributed by atoms with van der Waals surface area (Å²) in [7, 11) is 0. The van der Waals surface area contributed by atoms with Gasteiger partial charge in [-0.05, 0) is 109 Å². The molecule has 0 saturated carbocycles. The number of aromatic nitrogens is 2.